The van der Waals surface area contributed by atoms with Crippen LogP contribution in [0.15, 0.2) is 0 Å². The molecule has 14 heavy (non-hydrogen) atoms. The minimum absolute atomic E-state index is 0.149. The summed E-state index contributed by atoms with van der Waals surface area (Å²) in [5.41, 5.74) is 0. The highest BCUT2D eigenvalue weighted by Crippen LogP contribution is 2.44. The van der Waals surface area contributed by atoms with Gasteiger partial charge in [-0.05, 0) is 6.42 Å². The predicted octanol–water partition coefficient (Wildman–Crippen LogP) is 0.857. The molecule has 0 fully saturated rings. The molecule has 2 unspecified atom stereocenters. The van der Waals surface area contributed by atoms with Crippen LogP contribution in [0.25, 0.3) is 0 Å². The highest BCUT2D eigenvalue weighted by molar-refractivity contribution is 8.60. The standard InChI is InChI=1S/C6H16O5P2S/c1-2-3-4-5-6-14(12(7)8)13(9,10)11/h9-11H,2-6H2,1H3. The van der Waals surface area contributed by atoms with Crippen LogP contribution in [-0.2, 0) is 14.3 Å². The molecule has 0 rings (SSSR count). The van der Waals surface area contributed by atoms with Crippen molar-refractivity contribution >= 4 is 23.6 Å². The molecule has 0 spiro atoms. The second-order valence-electron chi connectivity index (χ2n) is 2.84. The van der Waals surface area contributed by atoms with Crippen LogP contribution < -0.4 is 4.89 Å². The van der Waals surface area contributed by atoms with Gasteiger partial charge in [-0.1, -0.05) is 30.8 Å². The number of rotatable bonds is 6. The van der Waals surface area contributed by atoms with Gasteiger partial charge in [0, 0.05) is 5.75 Å². The van der Waals surface area contributed by atoms with Crippen LogP contribution in [0, 0.1) is 0 Å². The average Bonchev–Trinajstić information content (AvgIpc) is 2.01. The summed E-state index contributed by atoms with van der Waals surface area (Å²) in [5, 5.41) is 0. The van der Waals surface area contributed by atoms with E-state index in [1.54, 1.807) is 0 Å². The molecule has 2 atom stereocenters. The lowest BCUT2D eigenvalue weighted by molar-refractivity contribution is -0.157. The van der Waals surface area contributed by atoms with Crippen molar-refractivity contribution < 1.29 is 24.1 Å². The molecule has 0 saturated carbocycles. The summed E-state index contributed by atoms with van der Waals surface area (Å²) in [6.07, 6.45) is 3.46. The van der Waals surface area contributed by atoms with Crippen molar-refractivity contribution in [1.82, 2.24) is 0 Å². The lowest BCUT2D eigenvalue weighted by atomic mass is 10.2. The SMILES string of the molecule is CCCCCCS([P+](=O)[O-])=P(O)(O)O. The van der Waals surface area contributed by atoms with Crippen molar-refractivity contribution in [2.45, 2.75) is 32.6 Å². The summed E-state index contributed by atoms with van der Waals surface area (Å²) in [7, 11) is -4.61. The second-order valence-corrected chi connectivity index (χ2v) is 11.3. The molecular weight excluding hydrogens is 246 g/mol. The molecule has 0 amide bonds. The minimum atomic E-state index is -4.20. The second kappa shape index (κ2) is 7.07. The van der Waals surface area contributed by atoms with Crippen molar-refractivity contribution in [1.29, 1.82) is 0 Å². The van der Waals surface area contributed by atoms with Crippen molar-refractivity contribution in [3.63, 3.8) is 0 Å². The van der Waals surface area contributed by atoms with Gasteiger partial charge in [0.05, 0.1) is 0 Å². The quantitative estimate of drug-likeness (QED) is 0.486. The minimum Gasteiger partial charge on any atom is -0.585 e. The van der Waals surface area contributed by atoms with Crippen LogP contribution in [-0.4, -0.2) is 20.4 Å². The largest absolute Gasteiger partial charge is 0.585 e. The zero-order valence-corrected chi connectivity index (χ0v) is 10.6. The maximum atomic E-state index is 10.6. The monoisotopic (exact) mass is 262 g/mol. The third-order valence-electron chi connectivity index (χ3n) is 1.64. The summed E-state index contributed by atoms with van der Waals surface area (Å²) >= 11 is 0. The van der Waals surface area contributed by atoms with E-state index >= 15 is 0 Å². The molecule has 0 bridgehead atoms. The Balaban J connectivity index is 4.23. The number of hydrogen-bond donors (Lipinski definition) is 3. The molecule has 0 aliphatic heterocycles. The average molecular weight is 262 g/mol. The first-order chi connectivity index (χ1) is 6.39. The fourth-order valence-corrected chi connectivity index (χ4v) is 6.08. The van der Waals surface area contributed by atoms with Crippen molar-refractivity contribution in [3.05, 3.63) is 0 Å². The summed E-state index contributed by atoms with van der Waals surface area (Å²) in [6.45, 7) is -2.18. The third kappa shape index (κ3) is 6.25. The van der Waals surface area contributed by atoms with Crippen LogP contribution in [0.1, 0.15) is 32.6 Å². The zero-order chi connectivity index (χ0) is 11.2. The van der Waals surface area contributed by atoms with Crippen LogP contribution in [0.5, 0.6) is 0 Å². The Labute approximate surface area is 86.6 Å². The van der Waals surface area contributed by atoms with E-state index in [4.69, 9.17) is 14.7 Å². The molecule has 5 nitrogen and oxygen atoms in total. The van der Waals surface area contributed by atoms with E-state index in [1.165, 1.54) is 0 Å². The Morgan fingerprint density at radius 1 is 1.29 bits per heavy atom. The van der Waals surface area contributed by atoms with E-state index in [0.29, 0.717) is 6.42 Å². The molecule has 8 heteroatoms. The van der Waals surface area contributed by atoms with Gasteiger partial charge in [-0.3, -0.25) is 0 Å². The number of hydrogen-bond acceptors (Lipinski definition) is 2. The highest BCUT2D eigenvalue weighted by Gasteiger charge is 2.23. The summed E-state index contributed by atoms with van der Waals surface area (Å²) in [6, 6.07) is 0. The van der Waals surface area contributed by atoms with Crippen LogP contribution in [0.2, 0.25) is 0 Å². The van der Waals surface area contributed by atoms with Crippen LogP contribution >= 0.6 is 13.9 Å². The van der Waals surface area contributed by atoms with E-state index in [2.05, 4.69) is 0 Å². The molecule has 0 aliphatic rings. The van der Waals surface area contributed by atoms with Crippen molar-refractivity contribution in [3.8, 4) is 0 Å². The van der Waals surface area contributed by atoms with E-state index in [9.17, 15) is 9.46 Å². The lowest BCUT2D eigenvalue weighted by Gasteiger charge is -2.06. The van der Waals surface area contributed by atoms with Gasteiger partial charge >= 0.3 is 13.9 Å². The lowest BCUT2D eigenvalue weighted by Crippen LogP contribution is -2.02. The summed E-state index contributed by atoms with van der Waals surface area (Å²) in [5.74, 6) is 0.149. The Morgan fingerprint density at radius 2 is 1.86 bits per heavy atom. The van der Waals surface area contributed by atoms with Crippen molar-refractivity contribution in [2.75, 3.05) is 5.75 Å². The van der Waals surface area contributed by atoms with Crippen molar-refractivity contribution in [2.24, 2.45) is 0 Å². The van der Waals surface area contributed by atoms with E-state index < -0.39 is 23.6 Å². The molecule has 0 aliphatic carbocycles. The molecule has 3 N–H and O–H groups in total. The highest BCUT2D eigenvalue weighted by atomic mass is 32.9. The molecule has 0 radical (unpaired) electrons. The Hall–Kier alpha value is 0.720. The normalized spacial score (nSPS) is 15.4. The van der Waals surface area contributed by atoms with E-state index in [0.717, 1.165) is 19.3 Å². The molecule has 0 aromatic rings. The van der Waals surface area contributed by atoms with Gasteiger partial charge in [-0.2, -0.15) is 0 Å². The first kappa shape index (κ1) is 14.7. The summed E-state index contributed by atoms with van der Waals surface area (Å²) in [4.78, 5) is 37.2. The van der Waals surface area contributed by atoms with Gasteiger partial charge in [0.25, 0.3) is 0 Å². The Bertz CT molecular complexity index is 240. The number of unbranched alkanes of at least 4 members (excludes halogenated alkanes) is 3. The predicted molar refractivity (Wildman–Crippen MR) is 57.6 cm³/mol. The fraction of sp³-hybridized carbons (Fsp3) is 1.00. The first-order valence-electron chi connectivity index (χ1n) is 4.33. The third-order valence-corrected chi connectivity index (χ3v) is 10.2. The van der Waals surface area contributed by atoms with Gasteiger partial charge < -0.3 is 19.6 Å². The Morgan fingerprint density at radius 3 is 2.21 bits per heavy atom. The maximum Gasteiger partial charge on any atom is 0.381 e. The van der Waals surface area contributed by atoms with E-state index in [1.807, 2.05) is 6.92 Å². The molecular formula is C6H16O5P2S. The molecule has 0 aromatic carbocycles. The molecule has 0 heterocycles. The van der Waals surface area contributed by atoms with Gasteiger partial charge in [0.15, 0.2) is 0 Å². The molecule has 0 aromatic heterocycles. The molecule has 86 valence electrons. The first-order valence-corrected chi connectivity index (χ1v) is 9.75. The van der Waals surface area contributed by atoms with Crippen LogP contribution in [0.3, 0.4) is 0 Å². The smallest absolute Gasteiger partial charge is 0.381 e. The fourth-order valence-electron chi connectivity index (χ4n) is 0.944. The van der Waals surface area contributed by atoms with Gasteiger partial charge in [0.2, 0.25) is 0 Å². The Kier molecular flexibility index (Phi) is 7.43. The zero-order valence-electron chi connectivity index (χ0n) is 8.00. The van der Waals surface area contributed by atoms with E-state index in [-0.39, 0.29) is 5.75 Å². The molecule has 0 saturated heterocycles. The maximum absolute atomic E-state index is 10.6. The van der Waals surface area contributed by atoms with Gasteiger partial charge in [-0.15, -0.1) is 0 Å². The topological polar surface area (TPSA) is 101 Å². The summed E-state index contributed by atoms with van der Waals surface area (Å²) < 4.78 is 10.6. The van der Waals surface area contributed by atoms with Gasteiger partial charge in [0.1, 0.15) is 9.69 Å². The van der Waals surface area contributed by atoms with Crippen LogP contribution in [0.4, 0.5) is 0 Å². The van der Waals surface area contributed by atoms with Gasteiger partial charge in [-0.25, -0.2) is 0 Å².